The van der Waals surface area contributed by atoms with Crippen LogP contribution < -0.4 is 14.8 Å². The van der Waals surface area contributed by atoms with Crippen molar-refractivity contribution in [2.24, 2.45) is 0 Å². The second-order valence-corrected chi connectivity index (χ2v) is 5.57. The van der Waals surface area contributed by atoms with Gasteiger partial charge in [0.25, 0.3) is 0 Å². The molecule has 132 valence electrons. The molecule has 0 unspecified atom stereocenters. The SMILES string of the molecule is COc1ccc(Nc2ccc([N+](=O)[O-])c(OCc3ccccc3)c2)cc1. The first-order valence-electron chi connectivity index (χ1n) is 8.02. The molecule has 0 spiro atoms. The number of benzene rings is 3. The van der Waals surface area contributed by atoms with E-state index in [1.54, 1.807) is 19.2 Å². The van der Waals surface area contributed by atoms with Crippen molar-refractivity contribution in [3.8, 4) is 11.5 Å². The number of nitro benzene ring substituents is 1. The second-order valence-electron chi connectivity index (χ2n) is 5.57. The fourth-order valence-electron chi connectivity index (χ4n) is 2.43. The molecule has 0 saturated heterocycles. The highest BCUT2D eigenvalue weighted by atomic mass is 16.6. The summed E-state index contributed by atoms with van der Waals surface area (Å²) < 4.78 is 10.8. The fourth-order valence-corrected chi connectivity index (χ4v) is 2.43. The summed E-state index contributed by atoms with van der Waals surface area (Å²) in [6.45, 7) is 0.258. The summed E-state index contributed by atoms with van der Waals surface area (Å²) in [5.41, 5.74) is 2.41. The maximum Gasteiger partial charge on any atom is 0.311 e. The molecular weight excluding hydrogens is 332 g/mol. The first-order chi connectivity index (χ1) is 12.7. The summed E-state index contributed by atoms with van der Waals surface area (Å²) in [5.74, 6) is 0.975. The maximum atomic E-state index is 11.3. The molecule has 3 rings (SSSR count). The zero-order valence-electron chi connectivity index (χ0n) is 14.2. The zero-order valence-corrected chi connectivity index (χ0v) is 14.2. The van der Waals surface area contributed by atoms with Crippen LogP contribution in [-0.2, 0) is 6.61 Å². The molecule has 6 heteroatoms. The van der Waals surface area contributed by atoms with Gasteiger partial charge in [-0.2, -0.15) is 0 Å². The Kier molecular flexibility index (Phi) is 5.34. The van der Waals surface area contributed by atoms with E-state index >= 15 is 0 Å². The molecule has 0 atom stereocenters. The number of anilines is 2. The number of nitrogens with zero attached hydrogens (tertiary/aromatic N) is 1. The van der Waals surface area contributed by atoms with E-state index in [4.69, 9.17) is 9.47 Å². The Labute approximate surface area is 151 Å². The minimum atomic E-state index is -0.447. The van der Waals surface area contributed by atoms with Crippen molar-refractivity contribution < 1.29 is 14.4 Å². The third-order valence-corrected chi connectivity index (χ3v) is 3.77. The summed E-state index contributed by atoms with van der Waals surface area (Å²) in [5, 5.41) is 14.5. The van der Waals surface area contributed by atoms with Crippen LogP contribution in [0.2, 0.25) is 0 Å². The quantitative estimate of drug-likeness (QED) is 0.483. The van der Waals surface area contributed by atoms with Crippen molar-refractivity contribution in [1.82, 2.24) is 0 Å². The van der Waals surface area contributed by atoms with E-state index in [0.29, 0.717) is 5.69 Å². The molecule has 0 aliphatic heterocycles. The molecule has 0 aliphatic rings. The number of methoxy groups -OCH3 is 1. The van der Waals surface area contributed by atoms with Crippen molar-refractivity contribution >= 4 is 17.1 Å². The summed E-state index contributed by atoms with van der Waals surface area (Å²) >= 11 is 0. The van der Waals surface area contributed by atoms with Crippen LogP contribution in [0.25, 0.3) is 0 Å². The highest BCUT2D eigenvalue weighted by molar-refractivity contribution is 5.65. The molecule has 0 saturated carbocycles. The minimum Gasteiger partial charge on any atom is -0.497 e. The van der Waals surface area contributed by atoms with Gasteiger partial charge in [0.15, 0.2) is 5.75 Å². The first kappa shape index (κ1) is 17.3. The van der Waals surface area contributed by atoms with Gasteiger partial charge in [-0.3, -0.25) is 10.1 Å². The van der Waals surface area contributed by atoms with Crippen LogP contribution in [0.1, 0.15) is 5.56 Å². The van der Waals surface area contributed by atoms with Crippen molar-refractivity contribution in [2.45, 2.75) is 6.61 Å². The number of nitrogens with one attached hydrogen (secondary N) is 1. The normalized spacial score (nSPS) is 10.2. The van der Waals surface area contributed by atoms with Crippen molar-refractivity contribution in [3.05, 3.63) is 88.5 Å². The van der Waals surface area contributed by atoms with Gasteiger partial charge in [-0.25, -0.2) is 0 Å². The molecule has 0 bridgehead atoms. The third kappa shape index (κ3) is 4.30. The van der Waals surface area contributed by atoms with Gasteiger partial charge in [0, 0.05) is 23.5 Å². The predicted molar refractivity (Wildman–Crippen MR) is 100 cm³/mol. The van der Waals surface area contributed by atoms with E-state index in [2.05, 4.69) is 5.32 Å². The van der Waals surface area contributed by atoms with E-state index in [0.717, 1.165) is 17.0 Å². The Bertz CT molecular complexity index is 880. The molecule has 0 heterocycles. The number of hydrogen-bond donors (Lipinski definition) is 1. The van der Waals surface area contributed by atoms with E-state index in [1.807, 2.05) is 54.6 Å². The highest BCUT2D eigenvalue weighted by Crippen LogP contribution is 2.32. The van der Waals surface area contributed by atoms with Crippen LogP contribution in [0.4, 0.5) is 17.1 Å². The summed E-state index contributed by atoms with van der Waals surface area (Å²) in [7, 11) is 1.61. The second kappa shape index (κ2) is 8.02. The van der Waals surface area contributed by atoms with Gasteiger partial charge < -0.3 is 14.8 Å². The largest absolute Gasteiger partial charge is 0.497 e. The average molecular weight is 350 g/mol. The predicted octanol–water partition coefficient (Wildman–Crippen LogP) is 4.93. The molecule has 26 heavy (non-hydrogen) atoms. The Morgan fingerprint density at radius 2 is 1.65 bits per heavy atom. The molecule has 6 nitrogen and oxygen atoms in total. The van der Waals surface area contributed by atoms with Crippen LogP contribution in [0, 0.1) is 10.1 Å². The van der Waals surface area contributed by atoms with Crippen molar-refractivity contribution in [3.63, 3.8) is 0 Å². The molecule has 1 N–H and O–H groups in total. The number of rotatable bonds is 7. The van der Waals surface area contributed by atoms with Gasteiger partial charge in [-0.05, 0) is 35.9 Å². The highest BCUT2D eigenvalue weighted by Gasteiger charge is 2.16. The van der Waals surface area contributed by atoms with E-state index in [1.165, 1.54) is 6.07 Å². The third-order valence-electron chi connectivity index (χ3n) is 3.77. The molecule has 3 aromatic carbocycles. The van der Waals surface area contributed by atoms with Gasteiger partial charge in [0.05, 0.1) is 12.0 Å². The summed E-state index contributed by atoms with van der Waals surface area (Å²) in [6.07, 6.45) is 0. The molecule has 0 aliphatic carbocycles. The lowest BCUT2D eigenvalue weighted by Crippen LogP contribution is -2.00. The van der Waals surface area contributed by atoms with Crippen molar-refractivity contribution in [2.75, 3.05) is 12.4 Å². The molecular formula is C20H18N2O4. The lowest BCUT2D eigenvalue weighted by molar-refractivity contribution is -0.385. The zero-order chi connectivity index (χ0) is 18.4. The molecule has 3 aromatic rings. The monoisotopic (exact) mass is 350 g/mol. The topological polar surface area (TPSA) is 73.6 Å². The lowest BCUT2D eigenvalue weighted by atomic mass is 10.2. The Hall–Kier alpha value is -3.54. The van der Waals surface area contributed by atoms with E-state index in [9.17, 15) is 10.1 Å². The Morgan fingerprint density at radius 1 is 0.962 bits per heavy atom. The van der Waals surface area contributed by atoms with Crippen LogP contribution in [0.15, 0.2) is 72.8 Å². The fraction of sp³-hybridized carbons (Fsp3) is 0.100. The van der Waals surface area contributed by atoms with Crippen molar-refractivity contribution in [1.29, 1.82) is 0 Å². The number of nitro groups is 1. The van der Waals surface area contributed by atoms with Gasteiger partial charge in [-0.15, -0.1) is 0 Å². The Morgan fingerprint density at radius 3 is 2.31 bits per heavy atom. The molecule has 0 amide bonds. The molecule has 0 aromatic heterocycles. The van der Waals surface area contributed by atoms with Crippen LogP contribution in [0.3, 0.4) is 0 Å². The summed E-state index contributed by atoms with van der Waals surface area (Å²) in [4.78, 5) is 10.8. The first-order valence-corrected chi connectivity index (χ1v) is 8.02. The summed E-state index contributed by atoms with van der Waals surface area (Å²) in [6, 6.07) is 21.6. The van der Waals surface area contributed by atoms with Gasteiger partial charge >= 0.3 is 5.69 Å². The minimum absolute atomic E-state index is 0.0683. The van der Waals surface area contributed by atoms with Crippen LogP contribution in [0.5, 0.6) is 11.5 Å². The molecule has 0 radical (unpaired) electrons. The number of ether oxygens (including phenoxy) is 2. The average Bonchev–Trinajstić information content (AvgIpc) is 2.68. The molecule has 0 fully saturated rings. The standard InChI is InChI=1S/C20H18N2O4/c1-25-18-10-7-16(8-11-18)21-17-9-12-19(22(23)24)20(13-17)26-14-15-5-3-2-4-6-15/h2-13,21H,14H2,1H3. The maximum absolute atomic E-state index is 11.3. The van der Waals surface area contributed by atoms with E-state index < -0.39 is 4.92 Å². The Balaban J connectivity index is 1.79. The number of hydrogen-bond acceptors (Lipinski definition) is 5. The smallest absolute Gasteiger partial charge is 0.311 e. The van der Waals surface area contributed by atoms with Crippen LogP contribution >= 0.6 is 0 Å². The van der Waals surface area contributed by atoms with Gasteiger partial charge in [-0.1, -0.05) is 30.3 Å². The van der Waals surface area contributed by atoms with Gasteiger partial charge in [0.2, 0.25) is 0 Å². The van der Waals surface area contributed by atoms with Crippen LogP contribution in [-0.4, -0.2) is 12.0 Å². The lowest BCUT2D eigenvalue weighted by Gasteiger charge is -2.11. The van der Waals surface area contributed by atoms with E-state index in [-0.39, 0.29) is 18.0 Å². The van der Waals surface area contributed by atoms with Gasteiger partial charge in [0.1, 0.15) is 12.4 Å².